The summed E-state index contributed by atoms with van der Waals surface area (Å²) in [6, 6.07) is 0. The fraction of sp³-hybridized carbons (Fsp3) is 0.400. The van der Waals surface area contributed by atoms with Gasteiger partial charge in [-0.2, -0.15) is 0 Å². The van der Waals surface area contributed by atoms with Gasteiger partial charge in [0.2, 0.25) is 0 Å². The van der Waals surface area contributed by atoms with Crippen LogP contribution in [0.4, 0.5) is 4.79 Å². The highest BCUT2D eigenvalue weighted by molar-refractivity contribution is 14.1. The molecular weight excluding hydrogens is 235 g/mol. The SMILES string of the molecule is C=C(I)COC(=O)OC. The normalized spacial score (nSPS) is 8.22. The Labute approximate surface area is 67.2 Å². The third-order valence-corrected chi connectivity index (χ3v) is 0.825. The van der Waals surface area contributed by atoms with E-state index < -0.39 is 6.16 Å². The first-order valence-corrected chi connectivity index (χ1v) is 3.28. The van der Waals surface area contributed by atoms with Crippen molar-refractivity contribution in [3.8, 4) is 0 Å². The van der Waals surface area contributed by atoms with Crippen molar-refractivity contribution >= 4 is 28.7 Å². The van der Waals surface area contributed by atoms with E-state index in [1.165, 1.54) is 7.11 Å². The van der Waals surface area contributed by atoms with E-state index >= 15 is 0 Å². The first-order valence-electron chi connectivity index (χ1n) is 2.21. The summed E-state index contributed by atoms with van der Waals surface area (Å²) >= 11 is 1.96. The standard InChI is InChI=1S/C5H7IO3/c1-4(6)3-9-5(7)8-2/h1,3H2,2H3. The van der Waals surface area contributed by atoms with E-state index in [4.69, 9.17) is 0 Å². The quantitative estimate of drug-likeness (QED) is 0.546. The predicted octanol–water partition coefficient (Wildman–Crippen LogP) is 1.72. The van der Waals surface area contributed by atoms with Gasteiger partial charge in [-0.1, -0.05) is 6.58 Å². The van der Waals surface area contributed by atoms with E-state index in [0.29, 0.717) is 0 Å². The van der Waals surface area contributed by atoms with Crippen molar-refractivity contribution in [2.24, 2.45) is 0 Å². The molecule has 9 heavy (non-hydrogen) atoms. The summed E-state index contributed by atoms with van der Waals surface area (Å²) in [6.07, 6.45) is -0.673. The maximum Gasteiger partial charge on any atom is 0.508 e. The molecule has 0 atom stereocenters. The topological polar surface area (TPSA) is 35.5 Å². The number of hydrogen-bond donors (Lipinski definition) is 0. The summed E-state index contributed by atoms with van der Waals surface area (Å²) in [6.45, 7) is 3.73. The third-order valence-electron chi connectivity index (χ3n) is 0.513. The first-order chi connectivity index (χ1) is 4.16. The average molecular weight is 242 g/mol. The van der Waals surface area contributed by atoms with Gasteiger partial charge in [-0.25, -0.2) is 4.79 Å². The van der Waals surface area contributed by atoms with Crippen LogP contribution in [0.15, 0.2) is 10.2 Å². The molecule has 0 heterocycles. The summed E-state index contributed by atoms with van der Waals surface area (Å²) in [4.78, 5) is 10.2. The van der Waals surface area contributed by atoms with Crippen LogP contribution >= 0.6 is 22.6 Å². The molecule has 0 aliphatic rings. The Balaban J connectivity index is 3.28. The van der Waals surface area contributed by atoms with Gasteiger partial charge in [0, 0.05) is 3.58 Å². The van der Waals surface area contributed by atoms with Crippen molar-refractivity contribution in [1.82, 2.24) is 0 Å². The molecule has 4 heteroatoms. The fourth-order valence-corrected chi connectivity index (χ4v) is 0.352. The number of ether oxygens (including phenoxy) is 2. The second kappa shape index (κ2) is 4.60. The number of carbonyl (C=O) groups is 1. The van der Waals surface area contributed by atoms with Gasteiger partial charge >= 0.3 is 6.16 Å². The fourth-order valence-electron chi connectivity index (χ4n) is 0.196. The molecule has 0 unspecified atom stereocenters. The summed E-state index contributed by atoms with van der Waals surface area (Å²) in [5, 5.41) is 0. The highest BCUT2D eigenvalue weighted by Gasteiger charge is 1.98. The van der Waals surface area contributed by atoms with Crippen LogP contribution in [0.3, 0.4) is 0 Å². The number of hydrogen-bond acceptors (Lipinski definition) is 3. The van der Waals surface area contributed by atoms with Crippen molar-refractivity contribution in [3.05, 3.63) is 10.2 Å². The molecule has 0 amide bonds. The van der Waals surface area contributed by atoms with Crippen LogP contribution in [0, 0.1) is 0 Å². The number of carbonyl (C=O) groups excluding carboxylic acids is 1. The van der Waals surface area contributed by atoms with Gasteiger partial charge < -0.3 is 9.47 Å². The summed E-state index contributed by atoms with van der Waals surface area (Å²) in [5.74, 6) is 0. The maximum atomic E-state index is 10.2. The molecule has 52 valence electrons. The van der Waals surface area contributed by atoms with Crippen LogP contribution in [-0.4, -0.2) is 19.9 Å². The van der Waals surface area contributed by atoms with Gasteiger partial charge in [0.05, 0.1) is 7.11 Å². The van der Waals surface area contributed by atoms with Gasteiger partial charge in [0.25, 0.3) is 0 Å². The smallest absolute Gasteiger partial charge is 0.438 e. The maximum absolute atomic E-state index is 10.2. The zero-order valence-corrected chi connectivity index (χ0v) is 7.17. The van der Waals surface area contributed by atoms with E-state index in [1.807, 2.05) is 22.6 Å². The molecule has 0 fully saturated rings. The molecular formula is C5H7IO3. The lowest BCUT2D eigenvalue weighted by Crippen LogP contribution is -2.04. The van der Waals surface area contributed by atoms with Gasteiger partial charge in [-0.3, -0.25) is 0 Å². The first kappa shape index (κ1) is 8.74. The zero-order chi connectivity index (χ0) is 7.28. The van der Waals surface area contributed by atoms with Crippen molar-refractivity contribution in [2.75, 3.05) is 13.7 Å². The summed E-state index contributed by atoms with van der Waals surface area (Å²) in [7, 11) is 1.26. The van der Waals surface area contributed by atoms with Crippen LogP contribution in [0.2, 0.25) is 0 Å². The van der Waals surface area contributed by atoms with E-state index in [0.717, 1.165) is 3.58 Å². The van der Waals surface area contributed by atoms with Crippen LogP contribution in [0.1, 0.15) is 0 Å². The lowest BCUT2D eigenvalue weighted by atomic mass is 10.7. The highest BCUT2D eigenvalue weighted by atomic mass is 127. The molecule has 0 bridgehead atoms. The Hall–Kier alpha value is -0.260. The lowest BCUT2D eigenvalue weighted by molar-refractivity contribution is 0.0815. The Morgan fingerprint density at radius 3 is 2.67 bits per heavy atom. The number of methoxy groups -OCH3 is 1. The minimum Gasteiger partial charge on any atom is -0.438 e. The van der Waals surface area contributed by atoms with E-state index in [9.17, 15) is 4.79 Å². The third kappa shape index (κ3) is 5.61. The van der Waals surface area contributed by atoms with Gasteiger partial charge in [-0.15, -0.1) is 0 Å². The molecule has 0 aromatic rings. The minimum atomic E-state index is -0.673. The number of rotatable bonds is 2. The Kier molecular flexibility index (Phi) is 4.47. The number of halogens is 1. The molecule has 0 N–H and O–H groups in total. The van der Waals surface area contributed by atoms with Crippen LogP contribution < -0.4 is 0 Å². The van der Waals surface area contributed by atoms with Crippen molar-refractivity contribution in [3.63, 3.8) is 0 Å². The Morgan fingerprint density at radius 1 is 1.78 bits per heavy atom. The predicted molar refractivity (Wildman–Crippen MR) is 41.5 cm³/mol. The van der Waals surface area contributed by atoms with Crippen LogP contribution in [-0.2, 0) is 9.47 Å². The molecule has 0 aromatic heterocycles. The molecule has 0 aromatic carbocycles. The van der Waals surface area contributed by atoms with Gasteiger partial charge in [0.15, 0.2) is 0 Å². The second-order valence-corrected chi connectivity index (χ2v) is 2.79. The van der Waals surface area contributed by atoms with E-state index in [-0.39, 0.29) is 6.61 Å². The monoisotopic (exact) mass is 242 g/mol. The van der Waals surface area contributed by atoms with Crippen molar-refractivity contribution in [2.45, 2.75) is 0 Å². The second-order valence-electron chi connectivity index (χ2n) is 1.26. The molecule has 0 radical (unpaired) electrons. The Morgan fingerprint density at radius 2 is 2.33 bits per heavy atom. The minimum absolute atomic E-state index is 0.216. The largest absolute Gasteiger partial charge is 0.508 e. The van der Waals surface area contributed by atoms with Gasteiger partial charge in [0.1, 0.15) is 6.61 Å². The molecule has 0 spiro atoms. The molecule has 0 saturated heterocycles. The highest BCUT2D eigenvalue weighted by Crippen LogP contribution is 2.01. The lowest BCUT2D eigenvalue weighted by Gasteiger charge is -1.98. The van der Waals surface area contributed by atoms with E-state index in [2.05, 4.69) is 16.1 Å². The molecule has 0 aliphatic carbocycles. The van der Waals surface area contributed by atoms with Crippen LogP contribution in [0.5, 0.6) is 0 Å². The van der Waals surface area contributed by atoms with E-state index in [1.54, 1.807) is 0 Å². The average Bonchev–Trinajstić information content (AvgIpc) is 1.83. The Bertz CT molecular complexity index is 121. The summed E-state index contributed by atoms with van der Waals surface area (Å²) < 4.78 is 9.44. The van der Waals surface area contributed by atoms with Crippen LogP contribution in [0.25, 0.3) is 0 Å². The zero-order valence-electron chi connectivity index (χ0n) is 5.02. The van der Waals surface area contributed by atoms with Gasteiger partial charge in [-0.05, 0) is 22.6 Å². The molecule has 0 saturated carbocycles. The summed E-state index contributed by atoms with van der Waals surface area (Å²) in [5.41, 5.74) is 0. The molecule has 0 rings (SSSR count). The van der Waals surface area contributed by atoms with Crippen molar-refractivity contribution < 1.29 is 14.3 Å². The van der Waals surface area contributed by atoms with Crippen molar-refractivity contribution in [1.29, 1.82) is 0 Å². The molecule has 3 nitrogen and oxygen atoms in total. The molecule has 0 aliphatic heterocycles.